The van der Waals surface area contributed by atoms with Crippen molar-refractivity contribution in [1.29, 1.82) is 0 Å². The van der Waals surface area contributed by atoms with E-state index in [2.05, 4.69) is 33.2 Å². The molecule has 1 aliphatic rings. The Labute approximate surface area is 117 Å². The summed E-state index contributed by atoms with van der Waals surface area (Å²) in [6.45, 7) is 3.09. The Hall–Kier alpha value is -0.450. The van der Waals surface area contributed by atoms with E-state index in [4.69, 9.17) is 0 Å². The molecule has 1 N–H and O–H groups in total. The lowest BCUT2D eigenvalue weighted by molar-refractivity contribution is 0.205. The highest BCUT2D eigenvalue weighted by Gasteiger charge is 2.17. The van der Waals surface area contributed by atoms with Gasteiger partial charge in [-0.25, -0.2) is 4.39 Å². The summed E-state index contributed by atoms with van der Waals surface area (Å²) in [7, 11) is 2.13. The molecule has 0 radical (unpaired) electrons. The number of nitrogens with zero attached hydrogens (tertiary/aromatic N) is 1. The molecule has 18 heavy (non-hydrogen) atoms. The molecule has 1 unspecified atom stereocenters. The van der Waals surface area contributed by atoms with Gasteiger partial charge in [0.2, 0.25) is 0 Å². The Bertz CT molecular complexity index is 391. The van der Waals surface area contributed by atoms with Gasteiger partial charge in [0.05, 0.1) is 0 Å². The summed E-state index contributed by atoms with van der Waals surface area (Å²) < 4.78 is 14.6. The molecule has 1 fully saturated rings. The first-order chi connectivity index (χ1) is 8.66. The van der Waals surface area contributed by atoms with E-state index >= 15 is 0 Å². The Kier molecular flexibility index (Phi) is 5.15. The Balaban J connectivity index is 1.88. The van der Waals surface area contributed by atoms with Crippen molar-refractivity contribution in [2.75, 3.05) is 26.7 Å². The first-order valence-corrected chi connectivity index (χ1v) is 7.31. The summed E-state index contributed by atoms with van der Waals surface area (Å²) >= 11 is 3.39. The van der Waals surface area contributed by atoms with Gasteiger partial charge in [-0.3, -0.25) is 0 Å². The summed E-state index contributed by atoms with van der Waals surface area (Å²) in [5.74, 6) is -0.103. The van der Waals surface area contributed by atoms with Gasteiger partial charge < -0.3 is 10.2 Å². The maximum Gasteiger partial charge on any atom is 0.126 e. The van der Waals surface area contributed by atoms with E-state index in [0.29, 0.717) is 6.04 Å². The second-order valence-corrected chi connectivity index (χ2v) is 5.88. The highest BCUT2D eigenvalue weighted by molar-refractivity contribution is 9.10. The van der Waals surface area contributed by atoms with E-state index in [-0.39, 0.29) is 5.82 Å². The third-order valence-corrected chi connectivity index (χ3v) is 4.13. The van der Waals surface area contributed by atoms with Crippen molar-refractivity contribution in [3.63, 3.8) is 0 Å². The first-order valence-electron chi connectivity index (χ1n) is 6.51. The second kappa shape index (κ2) is 6.64. The number of hydrogen-bond acceptors (Lipinski definition) is 2. The van der Waals surface area contributed by atoms with Crippen LogP contribution in [0, 0.1) is 5.82 Å². The number of halogens is 2. The minimum Gasteiger partial charge on any atom is -0.315 e. The zero-order chi connectivity index (χ0) is 13.0. The third-order valence-electron chi connectivity index (χ3n) is 3.64. The third kappa shape index (κ3) is 3.77. The molecule has 1 heterocycles. The standard InChI is InChI=1S/C14H20BrFN2/c1-18(13-3-2-7-17-10-13)8-6-11-9-12(15)4-5-14(11)16/h4-5,9,13,17H,2-3,6-8,10H2,1H3. The topological polar surface area (TPSA) is 15.3 Å². The summed E-state index contributed by atoms with van der Waals surface area (Å²) in [6.07, 6.45) is 3.24. The van der Waals surface area contributed by atoms with E-state index in [0.717, 1.165) is 36.1 Å². The molecule has 1 aromatic rings. The summed E-state index contributed by atoms with van der Waals surface area (Å²) in [4.78, 5) is 2.34. The predicted octanol–water partition coefficient (Wildman–Crippen LogP) is 2.81. The van der Waals surface area contributed by atoms with Gasteiger partial charge in [0.25, 0.3) is 0 Å². The molecule has 0 amide bonds. The molecule has 2 nitrogen and oxygen atoms in total. The van der Waals surface area contributed by atoms with Gasteiger partial charge in [-0.05, 0) is 56.6 Å². The lowest BCUT2D eigenvalue weighted by Crippen LogP contribution is -2.44. The molecule has 0 spiro atoms. The maximum absolute atomic E-state index is 13.6. The Morgan fingerprint density at radius 3 is 3.06 bits per heavy atom. The molecule has 0 aliphatic carbocycles. The number of benzene rings is 1. The molecule has 1 aromatic carbocycles. The normalized spacial score (nSPS) is 20.3. The van der Waals surface area contributed by atoms with Gasteiger partial charge in [0.15, 0.2) is 0 Å². The fourth-order valence-electron chi connectivity index (χ4n) is 2.42. The van der Waals surface area contributed by atoms with Gasteiger partial charge in [0, 0.05) is 23.6 Å². The number of nitrogens with one attached hydrogen (secondary N) is 1. The highest BCUT2D eigenvalue weighted by atomic mass is 79.9. The van der Waals surface area contributed by atoms with Gasteiger partial charge in [-0.2, -0.15) is 0 Å². The Morgan fingerprint density at radius 2 is 2.33 bits per heavy atom. The van der Waals surface area contributed by atoms with Gasteiger partial charge in [-0.15, -0.1) is 0 Å². The van der Waals surface area contributed by atoms with Crippen LogP contribution in [-0.2, 0) is 6.42 Å². The van der Waals surface area contributed by atoms with Crippen molar-refractivity contribution in [3.05, 3.63) is 34.1 Å². The maximum atomic E-state index is 13.6. The summed E-state index contributed by atoms with van der Waals surface area (Å²) in [5, 5.41) is 3.41. The predicted molar refractivity (Wildman–Crippen MR) is 76.3 cm³/mol. The molecule has 1 saturated heterocycles. The van der Waals surface area contributed by atoms with Crippen LogP contribution in [0.1, 0.15) is 18.4 Å². The zero-order valence-electron chi connectivity index (χ0n) is 10.8. The first kappa shape index (κ1) is 14.0. The van der Waals surface area contributed by atoms with Crippen molar-refractivity contribution in [3.8, 4) is 0 Å². The van der Waals surface area contributed by atoms with Crippen LogP contribution in [0.2, 0.25) is 0 Å². The number of rotatable bonds is 4. The quantitative estimate of drug-likeness (QED) is 0.919. The number of piperidine rings is 1. The lowest BCUT2D eigenvalue weighted by atomic mass is 10.1. The monoisotopic (exact) mass is 314 g/mol. The zero-order valence-corrected chi connectivity index (χ0v) is 12.3. The molecule has 4 heteroatoms. The molecular weight excluding hydrogens is 295 g/mol. The highest BCUT2D eigenvalue weighted by Crippen LogP contribution is 2.17. The van der Waals surface area contributed by atoms with Gasteiger partial charge in [-0.1, -0.05) is 15.9 Å². The number of likely N-dealkylation sites (N-methyl/N-ethyl adjacent to an activating group) is 1. The van der Waals surface area contributed by atoms with Crippen LogP contribution in [-0.4, -0.2) is 37.6 Å². The smallest absolute Gasteiger partial charge is 0.126 e. The van der Waals surface area contributed by atoms with Crippen LogP contribution >= 0.6 is 15.9 Å². The summed E-state index contributed by atoms with van der Waals surface area (Å²) in [6, 6.07) is 5.74. The molecule has 100 valence electrons. The molecule has 0 saturated carbocycles. The van der Waals surface area contributed by atoms with Crippen LogP contribution in [0.5, 0.6) is 0 Å². The largest absolute Gasteiger partial charge is 0.315 e. The van der Waals surface area contributed by atoms with E-state index in [1.165, 1.54) is 18.9 Å². The minimum atomic E-state index is -0.103. The molecule has 0 aromatic heterocycles. The summed E-state index contributed by atoms with van der Waals surface area (Å²) in [5.41, 5.74) is 0.792. The van der Waals surface area contributed by atoms with Crippen LogP contribution in [0.15, 0.2) is 22.7 Å². The van der Waals surface area contributed by atoms with E-state index < -0.39 is 0 Å². The average Bonchev–Trinajstić information content (AvgIpc) is 2.40. The van der Waals surface area contributed by atoms with Crippen LogP contribution < -0.4 is 5.32 Å². The van der Waals surface area contributed by atoms with Crippen molar-refractivity contribution in [2.45, 2.75) is 25.3 Å². The van der Waals surface area contributed by atoms with Crippen molar-refractivity contribution in [2.24, 2.45) is 0 Å². The fraction of sp³-hybridized carbons (Fsp3) is 0.571. The van der Waals surface area contributed by atoms with Gasteiger partial charge >= 0.3 is 0 Å². The van der Waals surface area contributed by atoms with E-state index in [1.807, 2.05) is 6.07 Å². The Morgan fingerprint density at radius 1 is 1.50 bits per heavy atom. The second-order valence-electron chi connectivity index (χ2n) is 4.97. The SMILES string of the molecule is CN(CCc1cc(Br)ccc1F)C1CCCNC1. The molecule has 2 rings (SSSR count). The van der Waals surface area contributed by atoms with Crippen molar-refractivity contribution >= 4 is 15.9 Å². The molecular formula is C14H20BrFN2. The van der Waals surface area contributed by atoms with Crippen molar-refractivity contribution < 1.29 is 4.39 Å². The molecule has 0 bridgehead atoms. The lowest BCUT2D eigenvalue weighted by Gasteiger charge is -2.31. The van der Waals surface area contributed by atoms with Gasteiger partial charge in [0.1, 0.15) is 5.82 Å². The number of hydrogen-bond donors (Lipinski definition) is 1. The molecule has 1 atom stereocenters. The molecule has 1 aliphatic heterocycles. The average molecular weight is 315 g/mol. The van der Waals surface area contributed by atoms with Crippen LogP contribution in [0.4, 0.5) is 4.39 Å². The van der Waals surface area contributed by atoms with Crippen LogP contribution in [0.3, 0.4) is 0 Å². The van der Waals surface area contributed by atoms with E-state index in [9.17, 15) is 4.39 Å². The van der Waals surface area contributed by atoms with Crippen molar-refractivity contribution in [1.82, 2.24) is 10.2 Å². The van der Waals surface area contributed by atoms with E-state index in [1.54, 1.807) is 6.07 Å². The van der Waals surface area contributed by atoms with Crippen LogP contribution in [0.25, 0.3) is 0 Å². The fourth-order valence-corrected chi connectivity index (χ4v) is 2.83. The minimum absolute atomic E-state index is 0.103.